The first kappa shape index (κ1) is 16.7. The van der Waals surface area contributed by atoms with Crippen molar-refractivity contribution in [2.24, 2.45) is 35.5 Å². The summed E-state index contributed by atoms with van der Waals surface area (Å²) >= 11 is 0. The second kappa shape index (κ2) is 5.78. The van der Waals surface area contributed by atoms with E-state index in [0.717, 1.165) is 23.2 Å². The highest BCUT2D eigenvalue weighted by molar-refractivity contribution is 6.06. The predicted octanol–water partition coefficient (Wildman–Crippen LogP) is 2.69. The monoisotopic (exact) mass is 364 g/mol. The molecule has 1 aromatic carbocycles. The van der Waals surface area contributed by atoms with Gasteiger partial charge in [0.05, 0.1) is 11.8 Å². The summed E-state index contributed by atoms with van der Waals surface area (Å²) in [6.07, 6.45) is 5.64. The quantitative estimate of drug-likeness (QED) is 0.660. The van der Waals surface area contributed by atoms with Crippen LogP contribution in [-0.2, 0) is 14.4 Å². The molecule has 5 aliphatic rings. The van der Waals surface area contributed by atoms with Crippen LogP contribution in [0.25, 0.3) is 0 Å². The first-order valence-corrected chi connectivity index (χ1v) is 9.86. The summed E-state index contributed by atoms with van der Waals surface area (Å²) in [4.78, 5) is 39.6. The van der Waals surface area contributed by atoms with E-state index in [-0.39, 0.29) is 54.4 Å². The standard InChI is InChI=1S/C22H24N2O3/c1-11-3-4-12(2)17(9-11)23-18(25)7-8-24-21(26)19-13-5-6-14(16-10-15(13)16)20(19)22(24)27/h3-6,9,13-16,19-20H,7-8,10H2,1-2H3,(H,23,25)/t13-,14-,15-,16-,19-,20+/m0/s1. The van der Waals surface area contributed by atoms with E-state index in [9.17, 15) is 14.4 Å². The van der Waals surface area contributed by atoms with Gasteiger partial charge in [-0.15, -0.1) is 0 Å². The van der Waals surface area contributed by atoms with Crippen molar-refractivity contribution in [1.82, 2.24) is 4.90 Å². The van der Waals surface area contributed by atoms with Crippen molar-refractivity contribution < 1.29 is 14.4 Å². The van der Waals surface area contributed by atoms with E-state index >= 15 is 0 Å². The molecule has 1 N–H and O–H groups in total. The number of hydrogen-bond donors (Lipinski definition) is 1. The fourth-order valence-electron chi connectivity index (χ4n) is 5.54. The van der Waals surface area contributed by atoms with Crippen LogP contribution in [-0.4, -0.2) is 29.2 Å². The number of aryl methyl sites for hydroxylation is 2. The Hall–Kier alpha value is -2.43. The molecule has 1 saturated heterocycles. The molecule has 3 fully saturated rings. The van der Waals surface area contributed by atoms with E-state index < -0.39 is 0 Å². The Balaban J connectivity index is 1.26. The zero-order chi connectivity index (χ0) is 18.9. The number of rotatable bonds is 4. The molecule has 1 aromatic rings. The zero-order valence-corrected chi connectivity index (χ0v) is 15.6. The van der Waals surface area contributed by atoms with Crippen LogP contribution in [0.2, 0.25) is 0 Å². The minimum atomic E-state index is -0.182. The van der Waals surface area contributed by atoms with Crippen LogP contribution in [0.3, 0.4) is 0 Å². The number of benzene rings is 1. The number of carbonyl (C=O) groups is 3. The van der Waals surface area contributed by atoms with Crippen LogP contribution in [0.1, 0.15) is 24.0 Å². The van der Waals surface area contributed by atoms with Crippen LogP contribution >= 0.6 is 0 Å². The maximum Gasteiger partial charge on any atom is 0.233 e. The van der Waals surface area contributed by atoms with Gasteiger partial charge in [0.15, 0.2) is 0 Å². The Morgan fingerprint density at radius 3 is 2.33 bits per heavy atom. The van der Waals surface area contributed by atoms with E-state index in [1.165, 1.54) is 4.90 Å². The molecule has 0 unspecified atom stereocenters. The largest absolute Gasteiger partial charge is 0.326 e. The first-order valence-electron chi connectivity index (χ1n) is 9.86. The molecule has 6 rings (SSSR count). The Morgan fingerprint density at radius 1 is 1.07 bits per heavy atom. The second-order valence-electron chi connectivity index (χ2n) is 8.60. The third-order valence-corrected chi connectivity index (χ3v) is 6.98. The van der Waals surface area contributed by atoms with E-state index in [0.29, 0.717) is 11.8 Å². The molecule has 3 amide bonds. The van der Waals surface area contributed by atoms with Gasteiger partial charge in [0, 0.05) is 18.7 Å². The summed E-state index contributed by atoms with van der Waals surface area (Å²) in [7, 11) is 0. The molecular weight excluding hydrogens is 340 g/mol. The number of imide groups is 1. The summed E-state index contributed by atoms with van der Waals surface area (Å²) < 4.78 is 0. The van der Waals surface area contributed by atoms with Gasteiger partial charge in [-0.25, -0.2) is 0 Å². The van der Waals surface area contributed by atoms with Gasteiger partial charge < -0.3 is 5.32 Å². The van der Waals surface area contributed by atoms with E-state index in [1.54, 1.807) is 0 Å². The fourth-order valence-corrected chi connectivity index (χ4v) is 5.54. The van der Waals surface area contributed by atoms with Gasteiger partial charge in [-0.05, 0) is 61.1 Å². The van der Waals surface area contributed by atoms with E-state index in [4.69, 9.17) is 0 Å². The van der Waals surface area contributed by atoms with Crippen LogP contribution in [0, 0.1) is 49.4 Å². The number of carbonyl (C=O) groups excluding carboxylic acids is 3. The molecule has 0 spiro atoms. The molecule has 5 heteroatoms. The highest BCUT2D eigenvalue weighted by Crippen LogP contribution is 2.65. The van der Waals surface area contributed by atoms with Gasteiger partial charge >= 0.3 is 0 Å². The van der Waals surface area contributed by atoms with Crippen LogP contribution in [0.5, 0.6) is 0 Å². The number of nitrogens with one attached hydrogen (secondary N) is 1. The normalized spacial score (nSPS) is 35.3. The first-order chi connectivity index (χ1) is 13.0. The van der Waals surface area contributed by atoms with Gasteiger partial charge in [0.25, 0.3) is 0 Å². The average molecular weight is 364 g/mol. The molecule has 1 aliphatic heterocycles. The molecule has 0 aromatic heterocycles. The number of allylic oxidation sites excluding steroid dienone is 2. The van der Waals surface area contributed by atoms with Gasteiger partial charge in [0.2, 0.25) is 17.7 Å². The SMILES string of the molecule is Cc1ccc(C)c(NC(=O)CCN2C(=O)[C@@H]3[C@H]4C=C[C@@H]([C@@H]5C[C@@H]45)[C@@H]3C2=O)c1. The molecule has 6 atom stereocenters. The lowest BCUT2D eigenvalue weighted by atomic mass is 9.63. The lowest BCUT2D eigenvalue weighted by molar-refractivity contribution is -0.140. The van der Waals surface area contributed by atoms with Crippen molar-refractivity contribution in [2.75, 3.05) is 11.9 Å². The summed E-state index contributed by atoms with van der Waals surface area (Å²) in [5.74, 6) is 1.02. The molecule has 27 heavy (non-hydrogen) atoms. The molecule has 4 aliphatic carbocycles. The molecule has 5 nitrogen and oxygen atoms in total. The van der Waals surface area contributed by atoms with Gasteiger partial charge in [0.1, 0.15) is 0 Å². The van der Waals surface area contributed by atoms with Crippen LogP contribution < -0.4 is 5.32 Å². The third kappa shape index (κ3) is 2.47. The van der Waals surface area contributed by atoms with Crippen LogP contribution in [0.15, 0.2) is 30.4 Å². The molecule has 1 heterocycles. The highest BCUT2D eigenvalue weighted by atomic mass is 16.2. The van der Waals surface area contributed by atoms with Crippen molar-refractivity contribution in [3.05, 3.63) is 41.5 Å². The van der Waals surface area contributed by atoms with Gasteiger partial charge in [-0.3, -0.25) is 19.3 Å². The summed E-state index contributed by atoms with van der Waals surface area (Å²) in [6.45, 7) is 4.10. The minimum absolute atomic E-state index is 0.0609. The fraction of sp³-hybridized carbons (Fsp3) is 0.500. The molecular formula is C22H24N2O3. The Morgan fingerprint density at radius 2 is 1.70 bits per heavy atom. The van der Waals surface area contributed by atoms with Gasteiger partial charge in [-0.1, -0.05) is 24.3 Å². The number of likely N-dealkylation sites (tertiary alicyclic amines) is 1. The number of hydrogen-bond acceptors (Lipinski definition) is 3. The summed E-state index contributed by atoms with van der Waals surface area (Å²) in [5, 5.41) is 2.91. The number of amides is 3. The molecule has 140 valence electrons. The Labute approximate surface area is 158 Å². The predicted molar refractivity (Wildman–Crippen MR) is 101 cm³/mol. The number of nitrogens with zero attached hydrogens (tertiary/aromatic N) is 1. The third-order valence-electron chi connectivity index (χ3n) is 6.98. The topological polar surface area (TPSA) is 66.5 Å². The second-order valence-corrected chi connectivity index (χ2v) is 8.60. The Kier molecular flexibility index (Phi) is 3.58. The maximum atomic E-state index is 12.9. The average Bonchev–Trinajstić information content (AvgIpc) is 3.42. The molecule has 0 radical (unpaired) electrons. The van der Waals surface area contributed by atoms with Gasteiger partial charge in [-0.2, -0.15) is 0 Å². The smallest absolute Gasteiger partial charge is 0.233 e. The van der Waals surface area contributed by atoms with Crippen LogP contribution in [0.4, 0.5) is 5.69 Å². The zero-order valence-electron chi connectivity index (χ0n) is 15.6. The Bertz CT molecular complexity index is 854. The molecule has 2 bridgehead atoms. The highest BCUT2D eigenvalue weighted by Gasteiger charge is 2.66. The van der Waals surface area contributed by atoms with Crippen molar-refractivity contribution in [3.8, 4) is 0 Å². The maximum absolute atomic E-state index is 12.9. The van der Waals surface area contributed by atoms with Crippen molar-refractivity contribution in [1.29, 1.82) is 0 Å². The van der Waals surface area contributed by atoms with E-state index in [1.807, 2.05) is 32.0 Å². The van der Waals surface area contributed by atoms with Crippen molar-refractivity contribution >= 4 is 23.4 Å². The van der Waals surface area contributed by atoms with E-state index in [2.05, 4.69) is 17.5 Å². The summed E-state index contributed by atoms with van der Waals surface area (Å²) in [5.41, 5.74) is 2.86. The minimum Gasteiger partial charge on any atom is -0.326 e. The van der Waals surface area contributed by atoms with Crippen molar-refractivity contribution in [2.45, 2.75) is 26.7 Å². The summed E-state index contributed by atoms with van der Waals surface area (Å²) in [6, 6.07) is 5.90. The van der Waals surface area contributed by atoms with Crippen molar-refractivity contribution in [3.63, 3.8) is 0 Å². The number of anilines is 1. The lowest BCUT2D eigenvalue weighted by Crippen LogP contribution is -2.40. The lowest BCUT2D eigenvalue weighted by Gasteiger charge is -2.37. The molecule has 2 saturated carbocycles.